The molecule has 1 heterocycles. The maximum Gasteiger partial charge on any atom is 0.167 e. The van der Waals surface area contributed by atoms with E-state index in [1.165, 1.54) is 6.07 Å². The van der Waals surface area contributed by atoms with E-state index in [4.69, 9.17) is 10.5 Å². The van der Waals surface area contributed by atoms with Gasteiger partial charge in [0.2, 0.25) is 0 Å². The third-order valence-electron chi connectivity index (χ3n) is 3.05. The van der Waals surface area contributed by atoms with Crippen LogP contribution in [0.1, 0.15) is 19.8 Å². The van der Waals surface area contributed by atoms with Gasteiger partial charge in [-0.05, 0) is 12.8 Å². The second-order valence-electron chi connectivity index (χ2n) is 4.58. The van der Waals surface area contributed by atoms with Gasteiger partial charge in [-0.1, -0.05) is 6.92 Å². The molecule has 3 N–H and O–H groups in total. The second-order valence-corrected chi connectivity index (χ2v) is 4.58. The molecule has 100 valence electrons. The summed E-state index contributed by atoms with van der Waals surface area (Å²) in [5, 5.41) is 9.53. The number of aliphatic hydroxyl groups excluding tert-OH is 1. The topological polar surface area (TPSA) is 58.7 Å². The van der Waals surface area contributed by atoms with E-state index >= 15 is 0 Å². The summed E-state index contributed by atoms with van der Waals surface area (Å²) < 4.78 is 19.0. The third-order valence-corrected chi connectivity index (χ3v) is 3.05. The highest BCUT2D eigenvalue weighted by Crippen LogP contribution is 2.33. The Morgan fingerprint density at radius 3 is 2.94 bits per heavy atom. The molecule has 0 aliphatic carbocycles. The smallest absolute Gasteiger partial charge is 0.167 e. The molecule has 4 nitrogen and oxygen atoms in total. The number of aliphatic hydroxyl groups is 1. The van der Waals surface area contributed by atoms with E-state index in [9.17, 15) is 9.50 Å². The van der Waals surface area contributed by atoms with Gasteiger partial charge in [-0.25, -0.2) is 4.39 Å². The fourth-order valence-electron chi connectivity index (χ4n) is 2.12. The number of nitrogens with zero attached hydrogens (tertiary/aromatic N) is 1. The van der Waals surface area contributed by atoms with Crippen molar-refractivity contribution in [3.05, 3.63) is 17.9 Å². The molecule has 0 radical (unpaired) electrons. The van der Waals surface area contributed by atoms with Crippen LogP contribution < -0.4 is 15.4 Å². The summed E-state index contributed by atoms with van der Waals surface area (Å²) in [5.41, 5.74) is 6.94. The summed E-state index contributed by atoms with van der Waals surface area (Å²) >= 11 is 0. The molecule has 5 heteroatoms. The number of ether oxygens (including phenoxy) is 1. The SMILES string of the molecule is CCCOc1cc(N2CCC(O)C2)c(N)cc1F. The number of halogens is 1. The number of β-amino-alcohol motifs (C(OH)–C–C–N with tert-alkyl or cyclic N) is 1. The lowest BCUT2D eigenvalue weighted by molar-refractivity contribution is 0.198. The van der Waals surface area contributed by atoms with Crippen LogP contribution in [0.4, 0.5) is 15.8 Å². The normalized spacial score (nSPS) is 19.3. The standard InChI is InChI=1S/C13H19FN2O2/c1-2-5-18-13-7-12(11(15)6-10(13)14)16-4-3-9(17)8-16/h6-7,9,17H,2-5,8,15H2,1H3. The Hall–Kier alpha value is -1.49. The Bertz CT molecular complexity index is 426. The first-order valence-corrected chi connectivity index (χ1v) is 6.26. The van der Waals surface area contributed by atoms with Crippen molar-refractivity contribution in [3.63, 3.8) is 0 Å². The maximum absolute atomic E-state index is 13.6. The number of nitrogens with two attached hydrogens (primary N) is 1. The van der Waals surface area contributed by atoms with Crippen molar-refractivity contribution in [1.29, 1.82) is 0 Å². The molecule has 1 aromatic carbocycles. The van der Waals surface area contributed by atoms with E-state index in [1.807, 2.05) is 11.8 Å². The quantitative estimate of drug-likeness (QED) is 0.804. The van der Waals surface area contributed by atoms with E-state index in [2.05, 4.69) is 0 Å². The van der Waals surface area contributed by atoms with Crippen LogP contribution in [0.25, 0.3) is 0 Å². The Balaban J connectivity index is 2.23. The van der Waals surface area contributed by atoms with E-state index in [1.54, 1.807) is 6.07 Å². The molecule has 2 rings (SSSR count). The Kier molecular flexibility index (Phi) is 3.91. The first-order chi connectivity index (χ1) is 8.61. The van der Waals surface area contributed by atoms with Crippen LogP contribution in [0, 0.1) is 5.82 Å². The molecule has 1 aromatic rings. The summed E-state index contributed by atoms with van der Waals surface area (Å²) in [5.74, 6) is -0.216. The van der Waals surface area contributed by atoms with Crippen molar-refractivity contribution in [3.8, 4) is 5.75 Å². The Morgan fingerprint density at radius 1 is 1.56 bits per heavy atom. The van der Waals surface area contributed by atoms with Crippen molar-refractivity contribution in [2.45, 2.75) is 25.9 Å². The van der Waals surface area contributed by atoms with Crippen LogP contribution in [0.2, 0.25) is 0 Å². The first kappa shape index (κ1) is 13.0. The summed E-state index contributed by atoms with van der Waals surface area (Å²) in [4.78, 5) is 1.96. The first-order valence-electron chi connectivity index (χ1n) is 6.26. The predicted octanol–water partition coefficient (Wildman–Crippen LogP) is 1.77. The highest BCUT2D eigenvalue weighted by molar-refractivity contribution is 5.70. The fourth-order valence-corrected chi connectivity index (χ4v) is 2.12. The van der Waals surface area contributed by atoms with Gasteiger partial charge in [0.15, 0.2) is 11.6 Å². The van der Waals surface area contributed by atoms with Crippen LogP contribution >= 0.6 is 0 Å². The largest absolute Gasteiger partial charge is 0.490 e. The molecule has 1 aliphatic rings. The minimum absolute atomic E-state index is 0.224. The van der Waals surface area contributed by atoms with Crippen LogP contribution in [0.15, 0.2) is 12.1 Å². The minimum Gasteiger partial charge on any atom is -0.490 e. The van der Waals surface area contributed by atoms with Gasteiger partial charge in [0.25, 0.3) is 0 Å². The Morgan fingerprint density at radius 2 is 2.33 bits per heavy atom. The maximum atomic E-state index is 13.6. The molecule has 1 atom stereocenters. The monoisotopic (exact) mass is 254 g/mol. The minimum atomic E-state index is -0.440. The number of benzene rings is 1. The predicted molar refractivity (Wildman–Crippen MR) is 69.4 cm³/mol. The number of anilines is 2. The number of rotatable bonds is 4. The average molecular weight is 254 g/mol. The van der Waals surface area contributed by atoms with Gasteiger partial charge in [0, 0.05) is 25.2 Å². The van der Waals surface area contributed by atoms with Crippen molar-refractivity contribution >= 4 is 11.4 Å². The summed E-state index contributed by atoms with van der Waals surface area (Å²) in [6.07, 6.45) is 1.19. The summed E-state index contributed by atoms with van der Waals surface area (Å²) in [6, 6.07) is 2.91. The summed E-state index contributed by atoms with van der Waals surface area (Å²) in [7, 11) is 0. The molecule has 1 fully saturated rings. The highest BCUT2D eigenvalue weighted by atomic mass is 19.1. The van der Waals surface area contributed by atoms with Gasteiger partial charge < -0.3 is 20.5 Å². The van der Waals surface area contributed by atoms with Gasteiger partial charge in [0.05, 0.1) is 24.1 Å². The highest BCUT2D eigenvalue weighted by Gasteiger charge is 2.23. The summed E-state index contributed by atoms with van der Waals surface area (Å²) in [6.45, 7) is 3.70. The molecule has 18 heavy (non-hydrogen) atoms. The van der Waals surface area contributed by atoms with E-state index in [0.717, 1.165) is 18.7 Å². The lowest BCUT2D eigenvalue weighted by atomic mass is 10.2. The molecule has 0 amide bonds. The zero-order valence-corrected chi connectivity index (χ0v) is 10.5. The van der Waals surface area contributed by atoms with Gasteiger partial charge >= 0.3 is 0 Å². The molecular weight excluding hydrogens is 235 g/mol. The molecule has 0 spiro atoms. The molecule has 0 saturated carbocycles. The van der Waals surface area contributed by atoms with E-state index in [-0.39, 0.29) is 11.9 Å². The molecule has 0 aromatic heterocycles. The lowest BCUT2D eigenvalue weighted by Gasteiger charge is -2.21. The van der Waals surface area contributed by atoms with Gasteiger partial charge in [0.1, 0.15) is 0 Å². The zero-order valence-electron chi connectivity index (χ0n) is 10.5. The average Bonchev–Trinajstić information content (AvgIpc) is 2.74. The fraction of sp³-hybridized carbons (Fsp3) is 0.538. The van der Waals surface area contributed by atoms with Crippen molar-refractivity contribution in [1.82, 2.24) is 0 Å². The second kappa shape index (κ2) is 5.44. The lowest BCUT2D eigenvalue weighted by Crippen LogP contribution is -2.22. The number of hydrogen-bond donors (Lipinski definition) is 2. The Labute approximate surface area is 106 Å². The van der Waals surface area contributed by atoms with Gasteiger partial charge in [-0.2, -0.15) is 0 Å². The zero-order chi connectivity index (χ0) is 13.1. The molecular formula is C13H19FN2O2. The molecule has 0 bridgehead atoms. The molecule has 1 aliphatic heterocycles. The molecule has 1 unspecified atom stereocenters. The van der Waals surface area contributed by atoms with Crippen LogP contribution in [0.3, 0.4) is 0 Å². The van der Waals surface area contributed by atoms with Gasteiger partial charge in [-0.15, -0.1) is 0 Å². The molecule has 1 saturated heterocycles. The van der Waals surface area contributed by atoms with Crippen LogP contribution in [0.5, 0.6) is 5.75 Å². The number of hydrogen-bond acceptors (Lipinski definition) is 4. The van der Waals surface area contributed by atoms with Crippen molar-refractivity contribution < 1.29 is 14.2 Å². The van der Waals surface area contributed by atoms with Crippen molar-refractivity contribution in [2.24, 2.45) is 0 Å². The number of nitrogen functional groups attached to an aromatic ring is 1. The van der Waals surface area contributed by atoms with Crippen molar-refractivity contribution in [2.75, 3.05) is 30.3 Å². The van der Waals surface area contributed by atoms with Crippen LogP contribution in [-0.2, 0) is 0 Å². The van der Waals surface area contributed by atoms with Gasteiger partial charge in [-0.3, -0.25) is 0 Å². The van der Waals surface area contributed by atoms with Crippen LogP contribution in [-0.4, -0.2) is 30.9 Å². The van der Waals surface area contributed by atoms with E-state index in [0.29, 0.717) is 25.3 Å². The van der Waals surface area contributed by atoms with E-state index < -0.39 is 5.82 Å². The third kappa shape index (κ3) is 2.67.